The Balaban J connectivity index is 2.62. The van der Waals surface area contributed by atoms with Crippen LogP contribution < -0.4 is 5.32 Å². The van der Waals surface area contributed by atoms with Crippen molar-refractivity contribution in [2.45, 2.75) is 30.7 Å². The number of carbonyl (C=O) groups is 1. The quantitative estimate of drug-likeness (QED) is 0.697. The molecule has 0 aliphatic heterocycles. The van der Waals surface area contributed by atoms with Gasteiger partial charge in [0.2, 0.25) is 0 Å². The number of hydrogen-bond donors (Lipinski definition) is 3. The SMILES string of the molecule is CC(CSCc1ccccc1)(NC(=O)C(F)(F)F)C(O)O. The van der Waals surface area contributed by atoms with Crippen molar-refractivity contribution < 1.29 is 28.2 Å². The zero-order valence-corrected chi connectivity index (χ0v) is 12.0. The molecule has 0 radical (unpaired) electrons. The molecule has 1 amide bonds. The van der Waals surface area contributed by atoms with E-state index < -0.39 is 23.9 Å². The number of nitrogens with one attached hydrogen (secondary N) is 1. The lowest BCUT2D eigenvalue weighted by atomic mass is 10.0. The van der Waals surface area contributed by atoms with Gasteiger partial charge in [-0.1, -0.05) is 30.3 Å². The van der Waals surface area contributed by atoms with Gasteiger partial charge in [-0.3, -0.25) is 4.79 Å². The van der Waals surface area contributed by atoms with Gasteiger partial charge in [-0.2, -0.15) is 24.9 Å². The molecule has 0 aliphatic carbocycles. The number of halogens is 3. The first kappa shape index (κ1) is 17.8. The first-order valence-electron chi connectivity index (χ1n) is 6.02. The highest BCUT2D eigenvalue weighted by Gasteiger charge is 2.44. The fourth-order valence-corrected chi connectivity index (χ4v) is 2.64. The van der Waals surface area contributed by atoms with E-state index in [0.29, 0.717) is 5.75 Å². The van der Waals surface area contributed by atoms with Crippen molar-refractivity contribution in [1.29, 1.82) is 0 Å². The molecule has 1 aromatic carbocycles. The Morgan fingerprint density at radius 1 is 1.29 bits per heavy atom. The molecule has 0 fully saturated rings. The third-order valence-electron chi connectivity index (χ3n) is 2.74. The van der Waals surface area contributed by atoms with Gasteiger partial charge in [-0.05, 0) is 12.5 Å². The molecule has 0 aliphatic rings. The van der Waals surface area contributed by atoms with Gasteiger partial charge in [0.15, 0.2) is 6.29 Å². The highest BCUT2D eigenvalue weighted by molar-refractivity contribution is 7.98. The van der Waals surface area contributed by atoms with Gasteiger partial charge < -0.3 is 15.5 Å². The Labute approximate surface area is 124 Å². The van der Waals surface area contributed by atoms with Crippen LogP contribution in [-0.4, -0.2) is 39.9 Å². The number of aliphatic hydroxyl groups is 2. The molecule has 1 rings (SSSR count). The number of amides is 1. The van der Waals surface area contributed by atoms with E-state index in [-0.39, 0.29) is 5.75 Å². The van der Waals surface area contributed by atoms with Crippen molar-refractivity contribution in [3.63, 3.8) is 0 Å². The molecule has 1 atom stereocenters. The number of alkyl halides is 3. The van der Waals surface area contributed by atoms with Crippen LogP contribution in [0.4, 0.5) is 13.2 Å². The lowest BCUT2D eigenvalue weighted by molar-refractivity contribution is -0.180. The smallest absolute Gasteiger partial charge is 0.366 e. The maximum absolute atomic E-state index is 12.2. The number of benzene rings is 1. The van der Waals surface area contributed by atoms with E-state index in [4.69, 9.17) is 0 Å². The summed E-state index contributed by atoms with van der Waals surface area (Å²) in [5.74, 6) is -1.80. The number of thioether (sulfide) groups is 1. The Bertz CT molecular complexity index is 467. The summed E-state index contributed by atoms with van der Waals surface area (Å²) in [5.41, 5.74) is -0.842. The highest BCUT2D eigenvalue weighted by Crippen LogP contribution is 2.23. The lowest BCUT2D eigenvalue weighted by Crippen LogP contribution is -2.59. The third kappa shape index (κ3) is 5.56. The summed E-state index contributed by atoms with van der Waals surface area (Å²) >= 11 is 1.19. The van der Waals surface area contributed by atoms with Crippen molar-refractivity contribution >= 4 is 17.7 Å². The van der Waals surface area contributed by atoms with Gasteiger partial charge in [-0.25, -0.2) is 0 Å². The number of aliphatic hydroxyl groups excluding tert-OH is 1. The van der Waals surface area contributed by atoms with Crippen LogP contribution in [-0.2, 0) is 10.5 Å². The molecule has 1 unspecified atom stereocenters. The van der Waals surface area contributed by atoms with Crippen molar-refractivity contribution in [1.82, 2.24) is 5.32 Å². The monoisotopic (exact) mass is 323 g/mol. The number of rotatable bonds is 6. The first-order chi connectivity index (χ1) is 9.65. The van der Waals surface area contributed by atoms with Gasteiger partial charge in [0.25, 0.3) is 0 Å². The minimum Gasteiger partial charge on any atom is -0.366 e. The molecule has 0 bridgehead atoms. The predicted octanol–water partition coefficient (Wildman–Crippen LogP) is 1.67. The maximum atomic E-state index is 12.2. The highest BCUT2D eigenvalue weighted by atomic mass is 32.2. The minimum atomic E-state index is -5.07. The maximum Gasteiger partial charge on any atom is 0.471 e. The van der Waals surface area contributed by atoms with E-state index in [0.717, 1.165) is 12.5 Å². The summed E-state index contributed by atoms with van der Waals surface area (Å²) in [6, 6.07) is 9.16. The van der Waals surface area contributed by atoms with Crippen LogP contribution in [0.2, 0.25) is 0 Å². The largest absolute Gasteiger partial charge is 0.471 e. The lowest BCUT2D eigenvalue weighted by Gasteiger charge is -2.32. The second kappa shape index (κ2) is 7.15. The Hall–Kier alpha value is -1.25. The van der Waals surface area contributed by atoms with Gasteiger partial charge in [0, 0.05) is 11.5 Å². The molecule has 21 heavy (non-hydrogen) atoms. The molecule has 118 valence electrons. The van der Waals surface area contributed by atoms with E-state index in [9.17, 15) is 28.2 Å². The van der Waals surface area contributed by atoms with Crippen LogP contribution in [0.3, 0.4) is 0 Å². The summed E-state index contributed by atoms with van der Waals surface area (Å²) < 4.78 is 36.7. The molecule has 3 N–H and O–H groups in total. The second-order valence-electron chi connectivity index (χ2n) is 4.72. The van der Waals surface area contributed by atoms with Crippen molar-refractivity contribution in [2.75, 3.05) is 5.75 Å². The zero-order valence-electron chi connectivity index (χ0n) is 11.2. The second-order valence-corrected chi connectivity index (χ2v) is 5.71. The summed E-state index contributed by atoms with van der Waals surface area (Å²) in [6.45, 7) is 1.15. The molecule has 0 spiro atoms. The Morgan fingerprint density at radius 3 is 2.33 bits per heavy atom. The zero-order chi connectivity index (χ0) is 16.1. The predicted molar refractivity (Wildman–Crippen MR) is 73.4 cm³/mol. The number of carbonyl (C=O) groups excluding carboxylic acids is 1. The van der Waals surface area contributed by atoms with Crippen LogP contribution in [0.15, 0.2) is 30.3 Å². The van der Waals surface area contributed by atoms with E-state index in [1.807, 2.05) is 30.3 Å². The Kier molecular flexibility index (Phi) is 6.06. The normalized spacial score (nSPS) is 14.8. The van der Waals surface area contributed by atoms with E-state index >= 15 is 0 Å². The van der Waals surface area contributed by atoms with Crippen molar-refractivity contribution in [3.05, 3.63) is 35.9 Å². The van der Waals surface area contributed by atoms with E-state index in [2.05, 4.69) is 0 Å². The molecule has 4 nitrogen and oxygen atoms in total. The first-order valence-corrected chi connectivity index (χ1v) is 7.18. The van der Waals surface area contributed by atoms with Crippen LogP contribution in [0.5, 0.6) is 0 Å². The molecule has 0 saturated heterocycles. The molecule has 1 aromatic rings. The topological polar surface area (TPSA) is 69.6 Å². The summed E-state index contributed by atoms with van der Waals surface area (Å²) in [6.07, 6.45) is -7.17. The van der Waals surface area contributed by atoms with Gasteiger partial charge in [-0.15, -0.1) is 0 Å². The molecule has 0 saturated carbocycles. The Morgan fingerprint density at radius 2 is 1.86 bits per heavy atom. The fourth-order valence-electron chi connectivity index (χ4n) is 1.46. The number of hydrogen-bond acceptors (Lipinski definition) is 4. The van der Waals surface area contributed by atoms with E-state index in [1.165, 1.54) is 11.8 Å². The molecule has 0 heterocycles. The molecular weight excluding hydrogens is 307 g/mol. The summed E-state index contributed by atoms with van der Waals surface area (Å²) in [5, 5.41) is 20.1. The minimum absolute atomic E-state index is 0.0820. The van der Waals surface area contributed by atoms with E-state index in [1.54, 1.807) is 5.32 Å². The van der Waals surface area contributed by atoms with Crippen LogP contribution in [0.1, 0.15) is 12.5 Å². The molecule has 8 heteroatoms. The fraction of sp³-hybridized carbons (Fsp3) is 0.462. The van der Waals surface area contributed by atoms with Crippen molar-refractivity contribution in [2.24, 2.45) is 0 Å². The van der Waals surface area contributed by atoms with Crippen molar-refractivity contribution in [3.8, 4) is 0 Å². The molecular formula is C13H16F3NO3S. The standard InChI is InChI=1S/C13H16F3NO3S/c1-12(11(19)20,17-10(18)13(14,15)16)8-21-7-9-5-3-2-4-6-9/h2-6,11,19-20H,7-8H2,1H3,(H,17,18). The molecule has 0 aromatic heterocycles. The van der Waals surface area contributed by atoms with Crippen LogP contribution >= 0.6 is 11.8 Å². The third-order valence-corrected chi connectivity index (χ3v) is 4.08. The average Bonchev–Trinajstić information content (AvgIpc) is 2.38. The van der Waals surface area contributed by atoms with Crippen LogP contribution in [0, 0.1) is 0 Å². The van der Waals surface area contributed by atoms with Gasteiger partial charge >= 0.3 is 12.1 Å². The van der Waals surface area contributed by atoms with Crippen LogP contribution in [0.25, 0.3) is 0 Å². The van der Waals surface area contributed by atoms with Gasteiger partial charge in [0.1, 0.15) is 0 Å². The van der Waals surface area contributed by atoms with Gasteiger partial charge in [0.05, 0.1) is 5.54 Å². The average molecular weight is 323 g/mol. The summed E-state index contributed by atoms with van der Waals surface area (Å²) in [7, 11) is 0. The summed E-state index contributed by atoms with van der Waals surface area (Å²) in [4.78, 5) is 11.0.